The second-order valence-electron chi connectivity index (χ2n) is 7.71. The average molecular weight is 543 g/mol. The van der Waals surface area contributed by atoms with E-state index in [1.165, 1.54) is 30.3 Å². The number of aliphatic hydroxyl groups excluding tert-OH is 1. The Kier molecular flexibility index (Phi) is 10.1. The molecule has 200 valence electrons. The monoisotopic (exact) mass is 542 g/mol. The summed E-state index contributed by atoms with van der Waals surface area (Å²) in [4.78, 5) is 39.6. The van der Waals surface area contributed by atoms with Gasteiger partial charge in [-0.3, -0.25) is 9.59 Å². The third kappa shape index (κ3) is 8.87. The number of pyridine rings is 1. The van der Waals surface area contributed by atoms with E-state index in [-0.39, 0.29) is 48.5 Å². The Morgan fingerprint density at radius 3 is 2.42 bits per heavy atom. The predicted octanol–water partition coefficient (Wildman–Crippen LogP) is 1.02. The number of hydrogen-bond donors (Lipinski definition) is 4. The van der Waals surface area contributed by atoms with Gasteiger partial charge in [-0.05, 0) is 42.3 Å². The van der Waals surface area contributed by atoms with Crippen LogP contribution >= 0.6 is 0 Å². The molecule has 0 saturated carbocycles. The van der Waals surface area contributed by atoms with Crippen LogP contribution in [0.3, 0.4) is 0 Å². The van der Waals surface area contributed by atoms with Gasteiger partial charge in [0, 0.05) is 25.4 Å². The van der Waals surface area contributed by atoms with Crippen molar-refractivity contribution in [3.63, 3.8) is 0 Å². The van der Waals surface area contributed by atoms with Crippen LogP contribution in [0.15, 0.2) is 77.8 Å². The summed E-state index contributed by atoms with van der Waals surface area (Å²) in [6.45, 7) is -0.161. The van der Waals surface area contributed by atoms with Crippen LogP contribution in [0, 0.1) is 0 Å². The third-order valence-corrected chi connectivity index (χ3v) is 6.19. The summed E-state index contributed by atoms with van der Waals surface area (Å²) in [6, 6.07) is 17.3. The van der Waals surface area contributed by atoms with Gasteiger partial charge < -0.3 is 25.2 Å². The van der Waals surface area contributed by atoms with Crippen LogP contribution in [-0.2, 0) is 21.2 Å². The van der Waals surface area contributed by atoms with E-state index in [9.17, 15) is 22.8 Å². The Labute approximate surface area is 219 Å². The lowest BCUT2D eigenvalue weighted by Crippen LogP contribution is -2.31. The first-order valence-electron chi connectivity index (χ1n) is 11.4. The maximum Gasteiger partial charge on any atom is 0.414 e. The quantitative estimate of drug-likeness (QED) is 0.261. The molecule has 0 aliphatic heterocycles. The molecule has 3 amide bonds. The summed E-state index contributed by atoms with van der Waals surface area (Å²) < 4.78 is 37.7. The van der Waals surface area contributed by atoms with Crippen molar-refractivity contribution in [2.24, 2.45) is 0 Å². The molecule has 2 aromatic carbocycles. The molecule has 0 atom stereocenters. The molecule has 3 aromatic rings. The lowest BCUT2D eigenvalue weighted by molar-refractivity contribution is -0.123. The number of nitrogens with one attached hydrogen (secondary N) is 3. The minimum Gasteiger partial charge on any atom is -0.484 e. The Bertz CT molecular complexity index is 1350. The number of sulfonamides is 1. The molecule has 3 rings (SSSR count). The minimum absolute atomic E-state index is 0.00324. The van der Waals surface area contributed by atoms with Crippen molar-refractivity contribution < 1.29 is 37.4 Å². The van der Waals surface area contributed by atoms with Gasteiger partial charge >= 0.3 is 6.09 Å². The minimum atomic E-state index is -4.20. The summed E-state index contributed by atoms with van der Waals surface area (Å²) in [7, 11) is -4.20. The van der Waals surface area contributed by atoms with Crippen molar-refractivity contribution in [2.45, 2.75) is 11.3 Å². The van der Waals surface area contributed by atoms with Gasteiger partial charge in [-0.1, -0.05) is 30.3 Å². The van der Waals surface area contributed by atoms with Gasteiger partial charge in [0.15, 0.2) is 6.61 Å². The van der Waals surface area contributed by atoms with E-state index in [1.807, 2.05) is 10.8 Å². The van der Waals surface area contributed by atoms with Gasteiger partial charge in [0.1, 0.15) is 5.75 Å². The van der Waals surface area contributed by atoms with Crippen LogP contribution in [0.2, 0.25) is 0 Å². The number of ether oxygens (including phenoxy) is 2. The van der Waals surface area contributed by atoms with Gasteiger partial charge in [-0.25, -0.2) is 22.9 Å². The molecular formula is C25H26N4O8S. The number of amides is 3. The van der Waals surface area contributed by atoms with Crippen molar-refractivity contribution in [1.82, 2.24) is 20.3 Å². The SMILES string of the molecule is O=C(COc1ccccc1)NCCc1cccc(S(=O)(=O)NC(=O)c2ccc(OC(=O)NCCO)nc2)c1. The first-order valence-corrected chi connectivity index (χ1v) is 12.9. The lowest BCUT2D eigenvalue weighted by Gasteiger charge is -2.10. The van der Waals surface area contributed by atoms with E-state index in [0.717, 1.165) is 6.20 Å². The number of aromatic nitrogens is 1. The molecule has 4 N–H and O–H groups in total. The van der Waals surface area contributed by atoms with E-state index in [2.05, 4.69) is 15.6 Å². The van der Waals surface area contributed by atoms with Gasteiger partial charge in [0.05, 0.1) is 17.1 Å². The van der Waals surface area contributed by atoms with Crippen molar-refractivity contribution in [2.75, 3.05) is 26.3 Å². The highest BCUT2D eigenvalue weighted by Gasteiger charge is 2.20. The summed E-state index contributed by atoms with van der Waals surface area (Å²) in [5, 5.41) is 13.6. The van der Waals surface area contributed by atoms with Gasteiger partial charge in [-0.15, -0.1) is 0 Å². The van der Waals surface area contributed by atoms with Crippen LogP contribution in [0.5, 0.6) is 11.6 Å². The molecule has 0 bridgehead atoms. The standard InChI is InChI=1S/C25H26N4O8S/c30-14-13-27-25(33)37-23-10-9-19(16-28-23)24(32)29-38(34,35)21-8-4-5-18(15-21)11-12-26-22(31)17-36-20-6-2-1-3-7-20/h1-10,15-16,30H,11-14,17H2,(H,26,31)(H,27,33)(H,29,32). The second-order valence-corrected chi connectivity index (χ2v) is 9.39. The molecule has 38 heavy (non-hydrogen) atoms. The number of benzene rings is 2. The zero-order valence-electron chi connectivity index (χ0n) is 20.1. The second kappa shape index (κ2) is 13.7. The van der Waals surface area contributed by atoms with Crippen molar-refractivity contribution in [1.29, 1.82) is 0 Å². The van der Waals surface area contributed by atoms with Crippen LogP contribution in [-0.4, -0.2) is 62.7 Å². The molecule has 0 radical (unpaired) electrons. The lowest BCUT2D eigenvalue weighted by atomic mass is 10.1. The average Bonchev–Trinajstić information content (AvgIpc) is 2.91. The molecule has 0 unspecified atom stereocenters. The van der Waals surface area contributed by atoms with Crippen LogP contribution in [0.4, 0.5) is 4.79 Å². The Hall–Kier alpha value is -4.49. The molecule has 12 nitrogen and oxygen atoms in total. The van der Waals surface area contributed by atoms with E-state index in [0.29, 0.717) is 17.7 Å². The van der Waals surface area contributed by atoms with Crippen molar-refractivity contribution in [3.8, 4) is 11.6 Å². The highest BCUT2D eigenvalue weighted by atomic mass is 32.2. The van der Waals surface area contributed by atoms with Gasteiger partial charge in [0.25, 0.3) is 21.8 Å². The summed E-state index contributed by atoms with van der Waals surface area (Å²) in [5.74, 6) is -0.791. The molecular weight excluding hydrogens is 516 g/mol. The van der Waals surface area contributed by atoms with E-state index >= 15 is 0 Å². The number of carbonyl (C=O) groups is 3. The summed E-state index contributed by atoms with van der Waals surface area (Å²) in [5.41, 5.74) is 0.556. The molecule has 0 spiro atoms. The van der Waals surface area contributed by atoms with Crippen molar-refractivity contribution >= 4 is 27.9 Å². The molecule has 0 saturated heterocycles. The number of aliphatic hydroxyl groups is 1. The molecule has 0 aliphatic rings. The highest BCUT2D eigenvalue weighted by molar-refractivity contribution is 7.90. The van der Waals surface area contributed by atoms with Crippen LogP contribution < -0.4 is 24.8 Å². The summed E-state index contributed by atoms with van der Waals surface area (Å²) >= 11 is 0. The first-order chi connectivity index (χ1) is 18.3. The zero-order valence-corrected chi connectivity index (χ0v) is 20.9. The van der Waals surface area contributed by atoms with Gasteiger partial charge in [-0.2, -0.15) is 0 Å². The number of carbonyl (C=O) groups excluding carboxylic acids is 3. The zero-order chi connectivity index (χ0) is 27.4. The molecule has 1 heterocycles. The first kappa shape index (κ1) is 28.1. The summed E-state index contributed by atoms with van der Waals surface area (Å²) in [6.07, 6.45) is 0.567. The maximum absolute atomic E-state index is 12.7. The Balaban J connectivity index is 1.51. The highest BCUT2D eigenvalue weighted by Crippen LogP contribution is 2.14. The predicted molar refractivity (Wildman–Crippen MR) is 135 cm³/mol. The van der Waals surface area contributed by atoms with E-state index in [4.69, 9.17) is 14.6 Å². The largest absolute Gasteiger partial charge is 0.484 e. The molecule has 0 fully saturated rings. The topological polar surface area (TPSA) is 173 Å². The number of rotatable bonds is 12. The smallest absolute Gasteiger partial charge is 0.414 e. The van der Waals surface area contributed by atoms with Gasteiger partial charge in [0.2, 0.25) is 5.88 Å². The van der Waals surface area contributed by atoms with E-state index in [1.54, 1.807) is 30.3 Å². The van der Waals surface area contributed by atoms with Crippen LogP contribution in [0.25, 0.3) is 0 Å². The molecule has 1 aromatic heterocycles. The molecule has 13 heteroatoms. The fourth-order valence-electron chi connectivity index (χ4n) is 3.03. The maximum atomic E-state index is 12.7. The number of hydrogen-bond acceptors (Lipinski definition) is 9. The molecule has 0 aliphatic carbocycles. The fourth-order valence-corrected chi connectivity index (χ4v) is 4.08. The van der Waals surface area contributed by atoms with Crippen LogP contribution in [0.1, 0.15) is 15.9 Å². The third-order valence-electron chi connectivity index (χ3n) is 4.86. The van der Waals surface area contributed by atoms with Crippen molar-refractivity contribution in [3.05, 3.63) is 84.1 Å². The number of para-hydroxylation sites is 1. The fraction of sp³-hybridized carbons (Fsp3) is 0.200. The normalized spacial score (nSPS) is 10.8. The Morgan fingerprint density at radius 1 is 0.921 bits per heavy atom. The van der Waals surface area contributed by atoms with E-state index < -0.39 is 22.0 Å². The Morgan fingerprint density at radius 2 is 1.71 bits per heavy atom. The number of nitrogens with zero attached hydrogens (tertiary/aromatic N) is 1.